The molecule has 3 rings (SSSR count). The molecule has 6 heteroatoms. The number of nitrogens with zero attached hydrogens (tertiary/aromatic N) is 1. The van der Waals surface area contributed by atoms with Gasteiger partial charge in [-0.15, -0.1) is 11.3 Å². The predicted octanol–water partition coefficient (Wildman–Crippen LogP) is 4.04. The second-order valence-electron chi connectivity index (χ2n) is 6.48. The van der Waals surface area contributed by atoms with Crippen LogP contribution in [0.2, 0.25) is 0 Å². The summed E-state index contributed by atoms with van der Waals surface area (Å²) in [5.41, 5.74) is 4.23. The second-order valence-corrected chi connectivity index (χ2v) is 7.33. The summed E-state index contributed by atoms with van der Waals surface area (Å²) in [6.45, 7) is 2.63. The van der Waals surface area contributed by atoms with Crippen LogP contribution in [0.3, 0.4) is 0 Å². The molecule has 1 aromatic heterocycles. The summed E-state index contributed by atoms with van der Waals surface area (Å²) in [7, 11) is 3.17. The first-order chi connectivity index (χ1) is 13.6. The van der Waals surface area contributed by atoms with E-state index in [0.29, 0.717) is 30.9 Å². The van der Waals surface area contributed by atoms with Gasteiger partial charge in [-0.2, -0.15) is 0 Å². The van der Waals surface area contributed by atoms with Crippen molar-refractivity contribution in [2.24, 2.45) is 0 Å². The number of hydrogen-bond donors (Lipinski definition) is 1. The number of thiazole rings is 1. The van der Waals surface area contributed by atoms with Crippen molar-refractivity contribution in [3.8, 4) is 22.1 Å². The number of aromatic nitrogens is 1. The average Bonchev–Trinajstić information content (AvgIpc) is 3.17. The SMILES string of the molecule is COc1ccc(CC(=O)NCCc2csc(-c3ccc(C)cc3)n2)cc1OC. The number of aryl methyl sites for hydroxylation is 1. The van der Waals surface area contributed by atoms with Gasteiger partial charge in [0.2, 0.25) is 5.91 Å². The van der Waals surface area contributed by atoms with Gasteiger partial charge >= 0.3 is 0 Å². The second kappa shape index (κ2) is 9.37. The van der Waals surface area contributed by atoms with E-state index in [1.54, 1.807) is 25.6 Å². The summed E-state index contributed by atoms with van der Waals surface area (Å²) in [5.74, 6) is 1.25. The number of methoxy groups -OCH3 is 2. The number of ether oxygens (including phenoxy) is 2. The number of benzene rings is 2. The molecular weight excluding hydrogens is 372 g/mol. The van der Waals surface area contributed by atoms with Crippen LogP contribution in [0.4, 0.5) is 0 Å². The van der Waals surface area contributed by atoms with Crippen LogP contribution in [0, 0.1) is 6.92 Å². The molecule has 0 aliphatic rings. The van der Waals surface area contributed by atoms with Crippen LogP contribution in [-0.2, 0) is 17.6 Å². The Kier molecular flexibility index (Phi) is 6.66. The zero-order valence-corrected chi connectivity index (χ0v) is 17.1. The summed E-state index contributed by atoms with van der Waals surface area (Å²) in [6, 6.07) is 13.9. The minimum atomic E-state index is -0.0267. The smallest absolute Gasteiger partial charge is 0.224 e. The number of hydrogen-bond acceptors (Lipinski definition) is 5. The molecule has 0 bridgehead atoms. The largest absolute Gasteiger partial charge is 0.493 e. The highest BCUT2D eigenvalue weighted by Crippen LogP contribution is 2.27. The van der Waals surface area contributed by atoms with Crippen LogP contribution < -0.4 is 14.8 Å². The molecule has 0 saturated carbocycles. The maximum absolute atomic E-state index is 12.2. The van der Waals surface area contributed by atoms with Crippen LogP contribution in [0.5, 0.6) is 11.5 Å². The third-order valence-electron chi connectivity index (χ3n) is 4.37. The first kappa shape index (κ1) is 19.9. The lowest BCUT2D eigenvalue weighted by atomic mass is 10.1. The molecule has 1 N–H and O–H groups in total. The van der Waals surface area contributed by atoms with Crippen molar-refractivity contribution < 1.29 is 14.3 Å². The van der Waals surface area contributed by atoms with Gasteiger partial charge in [-0.1, -0.05) is 35.9 Å². The fraction of sp³-hybridized carbons (Fsp3) is 0.273. The Hall–Kier alpha value is -2.86. The lowest BCUT2D eigenvalue weighted by molar-refractivity contribution is -0.120. The molecule has 0 saturated heterocycles. The molecule has 3 aromatic rings. The van der Waals surface area contributed by atoms with Gasteiger partial charge in [0.25, 0.3) is 0 Å². The molecule has 28 heavy (non-hydrogen) atoms. The zero-order chi connectivity index (χ0) is 19.9. The van der Waals surface area contributed by atoms with Crippen molar-refractivity contribution in [2.45, 2.75) is 19.8 Å². The topological polar surface area (TPSA) is 60.5 Å². The highest BCUT2D eigenvalue weighted by atomic mass is 32.1. The first-order valence-electron chi connectivity index (χ1n) is 9.08. The summed E-state index contributed by atoms with van der Waals surface area (Å²) >= 11 is 1.63. The van der Waals surface area contributed by atoms with Gasteiger partial charge in [0, 0.05) is 23.9 Å². The molecular formula is C22H24N2O3S. The molecule has 0 aliphatic carbocycles. The fourth-order valence-corrected chi connectivity index (χ4v) is 3.68. The third-order valence-corrected chi connectivity index (χ3v) is 5.31. The molecule has 146 valence electrons. The number of rotatable bonds is 8. The molecule has 0 spiro atoms. The zero-order valence-electron chi connectivity index (χ0n) is 16.3. The van der Waals surface area contributed by atoms with E-state index in [-0.39, 0.29) is 5.91 Å². The van der Waals surface area contributed by atoms with E-state index >= 15 is 0 Å². The van der Waals surface area contributed by atoms with E-state index in [4.69, 9.17) is 9.47 Å². The van der Waals surface area contributed by atoms with Crippen LogP contribution in [0.25, 0.3) is 10.6 Å². The van der Waals surface area contributed by atoms with E-state index in [1.165, 1.54) is 5.56 Å². The van der Waals surface area contributed by atoms with Crippen molar-refractivity contribution >= 4 is 17.2 Å². The molecule has 0 fully saturated rings. The molecule has 0 unspecified atom stereocenters. The van der Waals surface area contributed by atoms with E-state index in [1.807, 2.05) is 18.2 Å². The van der Waals surface area contributed by atoms with E-state index < -0.39 is 0 Å². The average molecular weight is 397 g/mol. The van der Waals surface area contributed by atoms with Gasteiger partial charge in [-0.05, 0) is 24.6 Å². The van der Waals surface area contributed by atoms with Crippen LogP contribution in [0.15, 0.2) is 47.8 Å². The van der Waals surface area contributed by atoms with Crippen molar-refractivity contribution in [3.05, 3.63) is 64.7 Å². The van der Waals surface area contributed by atoms with Crippen molar-refractivity contribution in [2.75, 3.05) is 20.8 Å². The predicted molar refractivity (Wildman–Crippen MR) is 112 cm³/mol. The van der Waals surface area contributed by atoms with Crippen LogP contribution >= 0.6 is 11.3 Å². The van der Waals surface area contributed by atoms with Crippen molar-refractivity contribution in [1.29, 1.82) is 0 Å². The molecule has 0 atom stereocenters. The summed E-state index contributed by atoms with van der Waals surface area (Å²) in [5, 5.41) is 6.01. The normalized spacial score (nSPS) is 10.5. The first-order valence-corrected chi connectivity index (χ1v) is 9.96. The van der Waals surface area contributed by atoms with E-state index in [2.05, 4.69) is 46.9 Å². The molecule has 0 radical (unpaired) electrons. The standard InChI is InChI=1S/C22H24N2O3S/c1-15-4-7-17(8-5-15)22-24-18(14-28-22)10-11-23-21(25)13-16-6-9-19(26-2)20(12-16)27-3/h4-9,12,14H,10-11,13H2,1-3H3,(H,23,25). The Morgan fingerprint density at radius 3 is 2.54 bits per heavy atom. The molecule has 1 heterocycles. The minimum absolute atomic E-state index is 0.0267. The molecule has 2 aromatic carbocycles. The van der Waals surface area contributed by atoms with Gasteiger partial charge in [0.05, 0.1) is 26.3 Å². The quantitative estimate of drug-likeness (QED) is 0.624. The molecule has 1 amide bonds. The van der Waals surface area contributed by atoms with Gasteiger partial charge in [-0.3, -0.25) is 4.79 Å². The van der Waals surface area contributed by atoms with Crippen LogP contribution in [0.1, 0.15) is 16.8 Å². The van der Waals surface area contributed by atoms with Gasteiger partial charge < -0.3 is 14.8 Å². The summed E-state index contributed by atoms with van der Waals surface area (Å²) < 4.78 is 10.5. The van der Waals surface area contributed by atoms with E-state index in [0.717, 1.165) is 21.8 Å². The summed E-state index contributed by atoms with van der Waals surface area (Å²) in [4.78, 5) is 16.9. The number of carbonyl (C=O) groups excluding carboxylic acids is 1. The monoisotopic (exact) mass is 396 g/mol. The number of amides is 1. The molecule has 5 nitrogen and oxygen atoms in total. The maximum Gasteiger partial charge on any atom is 0.224 e. The number of nitrogens with one attached hydrogen (secondary N) is 1. The Morgan fingerprint density at radius 2 is 1.82 bits per heavy atom. The van der Waals surface area contributed by atoms with Gasteiger partial charge in [0.15, 0.2) is 11.5 Å². The minimum Gasteiger partial charge on any atom is -0.493 e. The lowest BCUT2D eigenvalue weighted by Crippen LogP contribution is -2.27. The van der Waals surface area contributed by atoms with Gasteiger partial charge in [0.1, 0.15) is 5.01 Å². The third kappa shape index (κ3) is 5.10. The van der Waals surface area contributed by atoms with Crippen molar-refractivity contribution in [1.82, 2.24) is 10.3 Å². The Morgan fingerprint density at radius 1 is 1.07 bits per heavy atom. The Balaban J connectivity index is 1.50. The van der Waals surface area contributed by atoms with E-state index in [9.17, 15) is 4.79 Å². The van der Waals surface area contributed by atoms with Crippen molar-refractivity contribution in [3.63, 3.8) is 0 Å². The maximum atomic E-state index is 12.2. The highest BCUT2D eigenvalue weighted by molar-refractivity contribution is 7.13. The number of carbonyl (C=O) groups is 1. The summed E-state index contributed by atoms with van der Waals surface area (Å²) in [6.07, 6.45) is 1.01. The van der Waals surface area contributed by atoms with Gasteiger partial charge in [-0.25, -0.2) is 4.98 Å². The Labute approximate surface area is 169 Å². The Bertz CT molecular complexity index is 935. The van der Waals surface area contributed by atoms with Crippen LogP contribution in [-0.4, -0.2) is 31.7 Å². The fourth-order valence-electron chi connectivity index (χ4n) is 2.82. The highest BCUT2D eigenvalue weighted by Gasteiger charge is 2.09. The molecule has 0 aliphatic heterocycles. The lowest BCUT2D eigenvalue weighted by Gasteiger charge is -2.09.